The molecule has 0 bridgehead atoms. The van der Waals surface area contributed by atoms with Gasteiger partial charge in [-0.1, -0.05) is 23.8 Å². The predicted molar refractivity (Wildman–Crippen MR) is 81.5 cm³/mol. The number of likely N-dealkylation sites (tertiary alicyclic amines) is 1. The van der Waals surface area contributed by atoms with Gasteiger partial charge in [0.2, 0.25) is 0 Å². The highest BCUT2D eigenvalue weighted by molar-refractivity contribution is 5.78. The monoisotopic (exact) mass is 259 g/mol. The lowest BCUT2D eigenvalue weighted by Gasteiger charge is -2.27. The van der Waals surface area contributed by atoms with E-state index in [9.17, 15) is 0 Å². The molecule has 3 nitrogen and oxygen atoms in total. The fourth-order valence-electron chi connectivity index (χ4n) is 2.64. The van der Waals surface area contributed by atoms with Gasteiger partial charge in [0.1, 0.15) is 0 Å². The first-order chi connectivity index (χ1) is 9.16. The summed E-state index contributed by atoms with van der Waals surface area (Å²) in [4.78, 5) is 6.74. The number of guanidine groups is 1. The number of hydrogen-bond acceptors (Lipinski definition) is 1. The topological polar surface area (TPSA) is 41.6 Å². The fraction of sp³-hybridized carbons (Fsp3) is 0.562. The van der Waals surface area contributed by atoms with Crippen molar-refractivity contribution < 1.29 is 0 Å². The number of nitrogens with zero attached hydrogens (tertiary/aromatic N) is 2. The Bertz CT molecular complexity index is 445. The summed E-state index contributed by atoms with van der Waals surface area (Å²) in [7, 11) is 0. The van der Waals surface area contributed by atoms with Gasteiger partial charge in [-0.05, 0) is 50.7 Å². The van der Waals surface area contributed by atoms with E-state index in [0.717, 1.165) is 32.0 Å². The minimum Gasteiger partial charge on any atom is -0.370 e. The third-order valence-corrected chi connectivity index (χ3v) is 3.83. The summed E-state index contributed by atoms with van der Waals surface area (Å²) in [6.45, 7) is 7.22. The quantitative estimate of drug-likeness (QED) is 0.670. The Kier molecular flexibility index (Phi) is 4.83. The van der Waals surface area contributed by atoms with Crippen LogP contribution in [-0.2, 0) is 6.42 Å². The molecule has 3 heteroatoms. The molecule has 2 N–H and O–H groups in total. The number of nitrogens with two attached hydrogens (primary N) is 1. The van der Waals surface area contributed by atoms with Crippen LogP contribution in [0.2, 0.25) is 0 Å². The van der Waals surface area contributed by atoms with Crippen molar-refractivity contribution in [2.75, 3.05) is 19.6 Å². The van der Waals surface area contributed by atoms with Gasteiger partial charge in [0.25, 0.3) is 0 Å². The van der Waals surface area contributed by atoms with E-state index in [2.05, 4.69) is 41.9 Å². The summed E-state index contributed by atoms with van der Waals surface area (Å²) in [6.07, 6.45) is 4.79. The second kappa shape index (κ2) is 6.60. The van der Waals surface area contributed by atoms with E-state index in [0.29, 0.717) is 0 Å². The summed E-state index contributed by atoms with van der Waals surface area (Å²) in [6, 6.07) is 6.60. The first-order valence-corrected chi connectivity index (χ1v) is 7.28. The number of rotatable bonds is 3. The predicted octanol–water partition coefficient (Wildman–Crippen LogP) is 2.65. The molecule has 0 unspecified atom stereocenters. The summed E-state index contributed by atoms with van der Waals surface area (Å²) < 4.78 is 0. The zero-order valence-corrected chi connectivity index (χ0v) is 12.2. The zero-order valence-electron chi connectivity index (χ0n) is 12.2. The van der Waals surface area contributed by atoms with Crippen molar-refractivity contribution in [1.29, 1.82) is 0 Å². The molecule has 1 fully saturated rings. The zero-order chi connectivity index (χ0) is 13.7. The molecule has 0 atom stereocenters. The molecular formula is C16H25N3. The standard InChI is InChI=1S/C16H25N3/c1-13-6-7-15(14(2)12-13)8-9-18-16(17)19-10-4-3-5-11-19/h6-7,12H,3-5,8-11H2,1-2H3,(H2,17,18). The van der Waals surface area contributed by atoms with Gasteiger partial charge in [0.05, 0.1) is 0 Å². The molecule has 1 aromatic rings. The van der Waals surface area contributed by atoms with Crippen molar-refractivity contribution in [3.8, 4) is 0 Å². The fourth-order valence-corrected chi connectivity index (χ4v) is 2.64. The maximum Gasteiger partial charge on any atom is 0.191 e. The Hall–Kier alpha value is -1.51. The van der Waals surface area contributed by atoms with Gasteiger partial charge in [-0.3, -0.25) is 4.99 Å². The summed E-state index contributed by atoms with van der Waals surface area (Å²) in [5.74, 6) is 0.726. The number of benzene rings is 1. The lowest BCUT2D eigenvalue weighted by molar-refractivity contribution is 0.338. The second-order valence-electron chi connectivity index (χ2n) is 5.47. The van der Waals surface area contributed by atoms with E-state index in [4.69, 9.17) is 5.73 Å². The highest BCUT2D eigenvalue weighted by atomic mass is 15.2. The molecule has 0 amide bonds. The van der Waals surface area contributed by atoms with Crippen LogP contribution in [0.3, 0.4) is 0 Å². The molecule has 1 heterocycles. The lowest BCUT2D eigenvalue weighted by Crippen LogP contribution is -2.41. The Morgan fingerprint density at radius 1 is 1.21 bits per heavy atom. The van der Waals surface area contributed by atoms with Crippen LogP contribution in [0.1, 0.15) is 36.0 Å². The Labute approximate surface area is 116 Å². The first kappa shape index (κ1) is 13.9. The van der Waals surface area contributed by atoms with Crippen molar-refractivity contribution >= 4 is 5.96 Å². The van der Waals surface area contributed by atoms with Gasteiger partial charge in [0, 0.05) is 19.6 Å². The highest BCUT2D eigenvalue weighted by Gasteiger charge is 2.11. The molecule has 0 aromatic heterocycles. The average Bonchev–Trinajstić information content (AvgIpc) is 2.42. The molecule has 0 aliphatic carbocycles. The molecule has 0 spiro atoms. The van der Waals surface area contributed by atoms with E-state index in [-0.39, 0.29) is 0 Å². The summed E-state index contributed by atoms with van der Waals surface area (Å²) in [5.41, 5.74) is 10.1. The molecule has 104 valence electrons. The second-order valence-corrected chi connectivity index (χ2v) is 5.47. The SMILES string of the molecule is Cc1ccc(CCN=C(N)N2CCCCC2)c(C)c1. The van der Waals surface area contributed by atoms with Gasteiger partial charge >= 0.3 is 0 Å². The average molecular weight is 259 g/mol. The van der Waals surface area contributed by atoms with E-state index < -0.39 is 0 Å². The van der Waals surface area contributed by atoms with E-state index >= 15 is 0 Å². The van der Waals surface area contributed by atoms with Crippen LogP contribution in [0.4, 0.5) is 0 Å². The van der Waals surface area contributed by atoms with Crippen molar-refractivity contribution in [2.45, 2.75) is 39.5 Å². The highest BCUT2D eigenvalue weighted by Crippen LogP contribution is 2.11. The van der Waals surface area contributed by atoms with Gasteiger partial charge in [-0.25, -0.2) is 0 Å². The lowest BCUT2D eigenvalue weighted by atomic mass is 10.0. The Morgan fingerprint density at radius 2 is 1.95 bits per heavy atom. The first-order valence-electron chi connectivity index (χ1n) is 7.28. The minimum atomic E-state index is 0.726. The maximum absolute atomic E-state index is 6.05. The van der Waals surface area contributed by atoms with Crippen LogP contribution in [-0.4, -0.2) is 30.5 Å². The van der Waals surface area contributed by atoms with Gasteiger partial charge in [-0.2, -0.15) is 0 Å². The van der Waals surface area contributed by atoms with Crippen LogP contribution in [0.25, 0.3) is 0 Å². The smallest absolute Gasteiger partial charge is 0.191 e. The molecule has 0 radical (unpaired) electrons. The number of aryl methyl sites for hydroxylation is 2. The number of hydrogen-bond donors (Lipinski definition) is 1. The van der Waals surface area contributed by atoms with Gasteiger partial charge in [0.15, 0.2) is 5.96 Å². The molecule has 1 saturated heterocycles. The number of aliphatic imine (C=N–C) groups is 1. The molecule has 1 aromatic carbocycles. The van der Waals surface area contributed by atoms with Crippen LogP contribution in [0.15, 0.2) is 23.2 Å². The third kappa shape index (κ3) is 3.98. The molecule has 0 saturated carbocycles. The minimum absolute atomic E-state index is 0.726. The largest absolute Gasteiger partial charge is 0.370 e. The van der Waals surface area contributed by atoms with E-state index in [1.807, 2.05) is 0 Å². The van der Waals surface area contributed by atoms with Crippen LogP contribution < -0.4 is 5.73 Å². The van der Waals surface area contributed by atoms with E-state index in [1.165, 1.54) is 36.0 Å². The Balaban J connectivity index is 1.87. The van der Waals surface area contributed by atoms with Gasteiger partial charge < -0.3 is 10.6 Å². The molecule has 19 heavy (non-hydrogen) atoms. The van der Waals surface area contributed by atoms with Crippen molar-refractivity contribution in [2.24, 2.45) is 10.7 Å². The van der Waals surface area contributed by atoms with E-state index in [1.54, 1.807) is 0 Å². The van der Waals surface area contributed by atoms with Crippen molar-refractivity contribution in [3.05, 3.63) is 34.9 Å². The van der Waals surface area contributed by atoms with Crippen molar-refractivity contribution in [3.63, 3.8) is 0 Å². The van der Waals surface area contributed by atoms with Crippen molar-refractivity contribution in [1.82, 2.24) is 4.90 Å². The third-order valence-electron chi connectivity index (χ3n) is 3.83. The summed E-state index contributed by atoms with van der Waals surface area (Å²) >= 11 is 0. The summed E-state index contributed by atoms with van der Waals surface area (Å²) in [5, 5.41) is 0. The van der Waals surface area contributed by atoms with Crippen LogP contribution in [0, 0.1) is 13.8 Å². The Morgan fingerprint density at radius 3 is 2.63 bits per heavy atom. The molecular weight excluding hydrogens is 234 g/mol. The van der Waals surface area contributed by atoms with Crippen LogP contribution >= 0.6 is 0 Å². The number of piperidine rings is 1. The molecule has 1 aliphatic heterocycles. The normalized spacial score (nSPS) is 16.7. The molecule has 2 rings (SSSR count). The van der Waals surface area contributed by atoms with Gasteiger partial charge in [-0.15, -0.1) is 0 Å². The molecule has 1 aliphatic rings. The maximum atomic E-state index is 6.05. The van der Waals surface area contributed by atoms with Crippen LogP contribution in [0.5, 0.6) is 0 Å².